The predicted molar refractivity (Wildman–Crippen MR) is 83.4 cm³/mol. The third-order valence-corrected chi connectivity index (χ3v) is 3.88. The molecule has 1 aliphatic heterocycles. The van der Waals surface area contributed by atoms with Crippen LogP contribution in [0.5, 0.6) is 0 Å². The van der Waals surface area contributed by atoms with Crippen LogP contribution < -0.4 is 0 Å². The molecule has 2 aromatic rings. The zero-order valence-corrected chi connectivity index (χ0v) is 12.3. The number of carbonyl (C=O) groups excluding carboxylic acids is 1. The Morgan fingerprint density at radius 1 is 1.00 bits per heavy atom. The molecule has 4 heteroatoms. The minimum absolute atomic E-state index is 0.168. The SMILES string of the molecule is CCC1=[N+]([O-])[C@H](c2ccccc2)[C@H](c2ccccc2)OC1=O. The van der Waals surface area contributed by atoms with Crippen LogP contribution in [0.2, 0.25) is 0 Å². The Labute approximate surface area is 129 Å². The number of nitrogens with zero attached hydrogens (tertiary/aromatic N) is 1. The van der Waals surface area contributed by atoms with E-state index in [1.807, 2.05) is 60.7 Å². The lowest BCUT2D eigenvalue weighted by molar-refractivity contribution is -0.529. The van der Waals surface area contributed by atoms with Gasteiger partial charge in [-0.25, -0.2) is 4.79 Å². The van der Waals surface area contributed by atoms with Gasteiger partial charge in [0.15, 0.2) is 6.10 Å². The first-order valence-corrected chi connectivity index (χ1v) is 7.35. The average Bonchev–Trinajstić information content (AvgIpc) is 2.56. The first-order chi connectivity index (χ1) is 10.7. The van der Waals surface area contributed by atoms with E-state index in [0.29, 0.717) is 6.42 Å². The Bertz CT molecular complexity index is 695. The van der Waals surface area contributed by atoms with Gasteiger partial charge in [0, 0.05) is 12.0 Å². The van der Waals surface area contributed by atoms with Crippen LogP contribution in [-0.2, 0) is 9.53 Å². The molecule has 2 aromatic carbocycles. The molecule has 0 aliphatic carbocycles. The Balaban J connectivity index is 2.13. The number of hydrogen-bond donors (Lipinski definition) is 0. The summed E-state index contributed by atoms with van der Waals surface area (Å²) in [6.07, 6.45) is -0.253. The Morgan fingerprint density at radius 2 is 1.55 bits per heavy atom. The lowest BCUT2D eigenvalue weighted by Crippen LogP contribution is -2.39. The number of benzene rings is 2. The highest BCUT2D eigenvalue weighted by molar-refractivity contribution is 6.34. The summed E-state index contributed by atoms with van der Waals surface area (Å²) in [6, 6.07) is 18.3. The maximum atomic E-state index is 12.7. The van der Waals surface area contributed by atoms with Crippen molar-refractivity contribution < 1.29 is 14.3 Å². The van der Waals surface area contributed by atoms with E-state index in [2.05, 4.69) is 0 Å². The molecule has 22 heavy (non-hydrogen) atoms. The van der Waals surface area contributed by atoms with Crippen LogP contribution >= 0.6 is 0 Å². The third kappa shape index (κ3) is 2.48. The first kappa shape index (κ1) is 14.3. The molecule has 1 heterocycles. The van der Waals surface area contributed by atoms with E-state index in [4.69, 9.17) is 4.74 Å². The standard InChI is InChI=1S/C18H17NO3/c1-2-15-18(20)22-17(14-11-7-4-8-12-14)16(19(15)21)13-9-5-3-6-10-13/h3-12,16-17H,2H2,1H3/t16-,17+/m1/s1. The number of ether oxygens (including phenoxy) is 1. The van der Waals surface area contributed by atoms with Gasteiger partial charge >= 0.3 is 5.97 Å². The molecule has 0 amide bonds. The van der Waals surface area contributed by atoms with Crippen molar-refractivity contribution in [2.75, 3.05) is 0 Å². The summed E-state index contributed by atoms with van der Waals surface area (Å²) in [7, 11) is 0. The Hall–Kier alpha value is -2.62. The molecule has 0 fully saturated rings. The first-order valence-electron chi connectivity index (χ1n) is 7.35. The fourth-order valence-electron chi connectivity index (χ4n) is 2.78. The molecule has 112 valence electrons. The highest BCUT2D eigenvalue weighted by atomic mass is 16.6. The monoisotopic (exact) mass is 295 g/mol. The molecule has 1 aliphatic rings. The molecule has 2 atom stereocenters. The van der Waals surface area contributed by atoms with Crippen molar-refractivity contribution in [1.82, 2.24) is 0 Å². The maximum absolute atomic E-state index is 12.7. The summed E-state index contributed by atoms with van der Waals surface area (Å²) in [5, 5.41) is 12.7. The molecule has 0 spiro atoms. The van der Waals surface area contributed by atoms with Gasteiger partial charge in [0.1, 0.15) is 0 Å². The fraction of sp³-hybridized carbons (Fsp3) is 0.222. The van der Waals surface area contributed by atoms with E-state index in [-0.39, 0.29) is 5.71 Å². The van der Waals surface area contributed by atoms with Gasteiger partial charge in [0.2, 0.25) is 6.04 Å². The van der Waals surface area contributed by atoms with Crippen molar-refractivity contribution in [2.24, 2.45) is 0 Å². The van der Waals surface area contributed by atoms with E-state index in [0.717, 1.165) is 15.9 Å². The number of esters is 1. The largest absolute Gasteiger partial charge is 0.623 e. The summed E-state index contributed by atoms with van der Waals surface area (Å²) < 4.78 is 6.41. The van der Waals surface area contributed by atoms with Gasteiger partial charge in [0.25, 0.3) is 5.71 Å². The third-order valence-electron chi connectivity index (χ3n) is 3.88. The second-order valence-corrected chi connectivity index (χ2v) is 5.22. The molecule has 0 aromatic heterocycles. The molecule has 4 nitrogen and oxygen atoms in total. The van der Waals surface area contributed by atoms with Gasteiger partial charge in [-0.2, -0.15) is 4.74 Å². The normalized spacial score (nSPS) is 21.6. The number of carbonyl (C=O) groups is 1. The number of rotatable bonds is 3. The fourth-order valence-corrected chi connectivity index (χ4v) is 2.78. The summed E-state index contributed by atoms with van der Waals surface area (Å²) >= 11 is 0. The van der Waals surface area contributed by atoms with Gasteiger partial charge in [-0.05, 0) is 5.56 Å². The Kier molecular flexibility index (Phi) is 3.92. The minimum atomic E-state index is -0.607. The van der Waals surface area contributed by atoms with Crippen LogP contribution in [0.3, 0.4) is 0 Å². The molecular weight excluding hydrogens is 278 g/mol. The van der Waals surface area contributed by atoms with Crippen LogP contribution in [0.4, 0.5) is 0 Å². The van der Waals surface area contributed by atoms with Gasteiger partial charge in [-0.15, -0.1) is 0 Å². The summed E-state index contributed by atoms with van der Waals surface area (Å²) in [5.41, 5.74) is 1.83. The van der Waals surface area contributed by atoms with E-state index in [1.165, 1.54) is 0 Å². The van der Waals surface area contributed by atoms with E-state index in [1.54, 1.807) is 6.92 Å². The second kappa shape index (κ2) is 6.02. The molecule has 0 bridgehead atoms. The minimum Gasteiger partial charge on any atom is -0.623 e. The average molecular weight is 295 g/mol. The van der Waals surface area contributed by atoms with Crippen LogP contribution in [0.1, 0.15) is 36.6 Å². The zero-order chi connectivity index (χ0) is 15.5. The van der Waals surface area contributed by atoms with E-state index < -0.39 is 18.1 Å². The smallest absolute Gasteiger partial charge is 0.400 e. The highest BCUT2D eigenvalue weighted by Gasteiger charge is 2.43. The number of cyclic esters (lactones) is 1. The van der Waals surface area contributed by atoms with Crippen LogP contribution in [-0.4, -0.2) is 16.4 Å². The topological polar surface area (TPSA) is 52.4 Å². The molecular formula is C18H17NO3. The van der Waals surface area contributed by atoms with Crippen molar-refractivity contribution in [3.8, 4) is 0 Å². The van der Waals surface area contributed by atoms with Crippen molar-refractivity contribution >= 4 is 11.7 Å². The molecule has 0 N–H and O–H groups in total. The van der Waals surface area contributed by atoms with Crippen LogP contribution in [0.15, 0.2) is 60.7 Å². The van der Waals surface area contributed by atoms with Gasteiger partial charge in [-0.1, -0.05) is 67.6 Å². The van der Waals surface area contributed by atoms with Gasteiger partial charge in [-0.3, -0.25) is 0 Å². The Morgan fingerprint density at radius 3 is 2.09 bits per heavy atom. The van der Waals surface area contributed by atoms with Crippen LogP contribution in [0.25, 0.3) is 0 Å². The van der Waals surface area contributed by atoms with Crippen molar-refractivity contribution in [1.29, 1.82) is 0 Å². The lowest BCUT2D eigenvalue weighted by atomic mass is 9.94. The molecule has 0 saturated heterocycles. The van der Waals surface area contributed by atoms with Crippen LogP contribution in [0, 0.1) is 5.21 Å². The van der Waals surface area contributed by atoms with Gasteiger partial charge < -0.3 is 9.94 Å². The molecule has 3 rings (SSSR count). The van der Waals surface area contributed by atoms with Gasteiger partial charge in [0.05, 0.1) is 0 Å². The summed E-state index contributed by atoms with van der Waals surface area (Å²) in [6.45, 7) is 1.78. The van der Waals surface area contributed by atoms with E-state index in [9.17, 15) is 10.0 Å². The second-order valence-electron chi connectivity index (χ2n) is 5.22. The summed E-state index contributed by atoms with van der Waals surface area (Å²) in [4.78, 5) is 12.1. The molecule has 0 unspecified atom stereocenters. The predicted octanol–water partition coefficient (Wildman–Crippen LogP) is 3.39. The van der Waals surface area contributed by atoms with Crippen molar-refractivity contribution in [3.63, 3.8) is 0 Å². The van der Waals surface area contributed by atoms with Crippen molar-refractivity contribution in [3.05, 3.63) is 77.0 Å². The molecule has 0 radical (unpaired) electrons. The van der Waals surface area contributed by atoms with Crippen molar-refractivity contribution in [2.45, 2.75) is 25.5 Å². The number of hydroxylamine groups is 1. The number of hydrogen-bond acceptors (Lipinski definition) is 3. The van der Waals surface area contributed by atoms with E-state index >= 15 is 0 Å². The maximum Gasteiger partial charge on any atom is 0.400 e. The molecule has 0 saturated carbocycles. The highest BCUT2D eigenvalue weighted by Crippen LogP contribution is 2.37. The quantitative estimate of drug-likeness (QED) is 0.495. The summed E-state index contributed by atoms with van der Waals surface area (Å²) in [5.74, 6) is -0.529. The lowest BCUT2D eigenvalue weighted by Gasteiger charge is -2.31. The zero-order valence-electron chi connectivity index (χ0n) is 12.3.